The zero-order chi connectivity index (χ0) is 15.2. The minimum absolute atomic E-state index is 0.178. The van der Waals surface area contributed by atoms with Crippen LogP contribution < -0.4 is 10.1 Å². The molecular formula is C18H24N2O. The Morgan fingerprint density at radius 2 is 1.86 bits per heavy atom. The van der Waals surface area contributed by atoms with Gasteiger partial charge in [0.2, 0.25) is 0 Å². The van der Waals surface area contributed by atoms with Crippen LogP contribution in [-0.2, 0) is 6.54 Å². The maximum atomic E-state index is 5.88. The second kappa shape index (κ2) is 7.23. The van der Waals surface area contributed by atoms with E-state index in [1.54, 1.807) is 0 Å². The first-order valence-electron chi connectivity index (χ1n) is 7.46. The first-order valence-corrected chi connectivity index (χ1v) is 7.46. The molecule has 112 valence electrons. The third-order valence-electron chi connectivity index (χ3n) is 3.31. The number of aryl methyl sites for hydroxylation is 1. The molecule has 0 spiro atoms. The number of ether oxygens (including phenoxy) is 1. The minimum atomic E-state index is 0.178. The molecule has 2 rings (SSSR count). The standard InChI is InChI=1S/C18H24N2O/c1-13(2)21-18-8-6-5-7-17(18)15(4)19-12-16-10-9-14(3)11-20-16/h5-11,13,15,19H,12H2,1-4H3. The number of pyridine rings is 1. The highest BCUT2D eigenvalue weighted by molar-refractivity contribution is 5.35. The lowest BCUT2D eigenvalue weighted by Crippen LogP contribution is -2.20. The number of hydrogen-bond donors (Lipinski definition) is 1. The van der Waals surface area contributed by atoms with Crippen molar-refractivity contribution in [2.75, 3.05) is 0 Å². The van der Waals surface area contributed by atoms with Crippen LogP contribution in [0.3, 0.4) is 0 Å². The molecule has 1 aromatic carbocycles. The number of nitrogens with zero attached hydrogens (tertiary/aromatic N) is 1. The highest BCUT2D eigenvalue weighted by atomic mass is 16.5. The number of hydrogen-bond acceptors (Lipinski definition) is 3. The van der Waals surface area contributed by atoms with Crippen LogP contribution in [0.2, 0.25) is 0 Å². The van der Waals surface area contributed by atoms with E-state index in [-0.39, 0.29) is 12.1 Å². The SMILES string of the molecule is Cc1ccc(CNC(C)c2ccccc2OC(C)C)nc1. The van der Waals surface area contributed by atoms with Crippen molar-refractivity contribution in [3.63, 3.8) is 0 Å². The fourth-order valence-electron chi connectivity index (χ4n) is 2.17. The minimum Gasteiger partial charge on any atom is -0.491 e. The summed E-state index contributed by atoms with van der Waals surface area (Å²) in [4.78, 5) is 4.42. The predicted octanol–water partition coefficient (Wildman–Crippen LogP) is 4.03. The zero-order valence-electron chi connectivity index (χ0n) is 13.3. The summed E-state index contributed by atoms with van der Waals surface area (Å²) in [7, 11) is 0. The van der Waals surface area contributed by atoms with Crippen molar-refractivity contribution in [3.05, 3.63) is 59.4 Å². The maximum Gasteiger partial charge on any atom is 0.124 e. The molecule has 0 saturated carbocycles. The van der Waals surface area contributed by atoms with Gasteiger partial charge in [0.15, 0.2) is 0 Å². The molecule has 21 heavy (non-hydrogen) atoms. The Labute approximate surface area is 127 Å². The Balaban J connectivity index is 2.03. The average molecular weight is 284 g/mol. The summed E-state index contributed by atoms with van der Waals surface area (Å²) in [5, 5.41) is 3.51. The van der Waals surface area contributed by atoms with Crippen LogP contribution >= 0.6 is 0 Å². The number of benzene rings is 1. The molecule has 1 heterocycles. The van der Waals surface area contributed by atoms with E-state index in [9.17, 15) is 0 Å². The fraction of sp³-hybridized carbons (Fsp3) is 0.389. The van der Waals surface area contributed by atoms with Crippen LogP contribution in [0.15, 0.2) is 42.6 Å². The van der Waals surface area contributed by atoms with Crippen LogP contribution in [0.1, 0.15) is 43.6 Å². The summed E-state index contributed by atoms with van der Waals surface area (Å²) < 4.78 is 5.88. The fourth-order valence-corrected chi connectivity index (χ4v) is 2.17. The van der Waals surface area contributed by atoms with Crippen molar-refractivity contribution < 1.29 is 4.74 Å². The van der Waals surface area contributed by atoms with Crippen LogP contribution in [0, 0.1) is 6.92 Å². The van der Waals surface area contributed by atoms with Gasteiger partial charge < -0.3 is 10.1 Å². The monoisotopic (exact) mass is 284 g/mol. The predicted molar refractivity (Wildman–Crippen MR) is 86.4 cm³/mol. The van der Waals surface area contributed by atoms with Gasteiger partial charge in [-0.15, -0.1) is 0 Å². The average Bonchev–Trinajstić information content (AvgIpc) is 2.46. The van der Waals surface area contributed by atoms with Gasteiger partial charge in [-0.2, -0.15) is 0 Å². The molecule has 0 amide bonds. The van der Waals surface area contributed by atoms with Crippen molar-refractivity contribution in [3.8, 4) is 5.75 Å². The van der Waals surface area contributed by atoms with Gasteiger partial charge in [0, 0.05) is 24.3 Å². The van der Waals surface area contributed by atoms with Gasteiger partial charge in [-0.25, -0.2) is 0 Å². The molecule has 0 saturated heterocycles. The van der Waals surface area contributed by atoms with Gasteiger partial charge in [-0.05, 0) is 45.4 Å². The maximum absolute atomic E-state index is 5.88. The summed E-state index contributed by atoms with van der Waals surface area (Å²) in [5.41, 5.74) is 3.41. The van der Waals surface area contributed by atoms with E-state index in [1.807, 2.05) is 45.2 Å². The Bertz CT molecular complexity index is 564. The summed E-state index contributed by atoms with van der Waals surface area (Å²) in [5.74, 6) is 0.948. The lowest BCUT2D eigenvalue weighted by Gasteiger charge is -2.19. The summed E-state index contributed by atoms with van der Waals surface area (Å²) >= 11 is 0. The largest absolute Gasteiger partial charge is 0.491 e. The molecule has 3 nitrogen and oxygen atoms in total. The van der Waals surface area contributed by atoms with Gasteiger partial charge in [0.1, 0.15) is 5.75 Å². The smallest absolute Gasteiger partial charge is 0.124 e. The lowest BCUT2D eigenvalue weighted by atomic mass is 10.1. The topological polar surface area (TPSA) is 34.1 Å². The lowest BCUT2D eigenvalue weighted by molar-refractivity contribution is 0.238. The zero-order valence-corrected chi connectivity index (χ0v) is 13.3. The van der Waals surface area contributed by atoms with Crippen LogP contribution in [-0.4, -0.2) is 11.1 Å². The van der Waals surface area contributed by atoms with Gasteiger partial charge in [0.25, 0.3) is 0 Å². The van der Waals surface area contributed by atoms with Gasteiger partial charge in [-0.1, -0.05) is 24.3 Å². The number of rotatable bonds is 6. The molecule has 0 radical (unpaired) electrons. The first-order chi connectivity index (χ1) is 10.1. The van der Waals surface area contributed by atoms with Crippen LogP contribution in [0.25, 0.3) is 0 Å². The highest BCUT2D eigenvalue weighted by Gasteiger charge is 2.12. The molecular weight excluding hydrogens is 260 g/mol. The summed E-state index contributed by atoms with van der Waals surface area (Å²) in [6.07, 6.45) is 2.08. The molecule has 0 aliphatic carbocycles. The van der Waals surface area contributed by atoms with E-state index in [1.165, 1.54) is 11.1 Å². The van der Waals surface area contributed by atoms with Crippen molar-refractivity contribution in [2.45, 2.75) is 46.4 Å². The first kappa shape index (κ1) is 15.5. The van der Waals surface area contributed by atoms with E-state index < -0.39 is 0 Å². The molecule has 0 aliphatic rings. The molecule has 0 fully saturated rings. The van der Waals surface area contributed by atoms with Gasteiger partial charge >= 0.3 is 0 Å². The van der Waals surface area contributed by atoms with Crippen molar-refractivity contribution in [1.82, 2.24) is 10.3 Å². The molecule has 0 bridgehead atoms. The Hall–Kier alpha value is -1.87. The highest BCUT2D eigenvalue weighted by Crippen LogP contribution is 2.25. The van der Waals surface area contributed by atoms with Gasteiger partial charge in [-0.3, -0.25) is 4.98 Å². The van der Waals surface area contributed by atoms with E-state index in [0.29, 0.717) is 0 Å². The third kappa shape index (κ3) is 4.57. The molecule has 1 N–H and O–H groups in total. The molecule has 0 aliphatic heterocycles. The molecule has 1 aromatic heterocycles. The van der Waals surface area contributed by atoms with Gasteiger partial charge in [0.05, 0.1) is 11.8 Å². The Morgan fingerprint density at radius 1 is 1.10 bits per heavy atom. The molecule has 1 unspecified atom stereocenters. The normalized spacial score (nSPS) is 12.4. The summed E-state index contributed by atoms with van der Waals surface area (Å²) in [6, 6.07) is 12.6. The van der Waals surface area contributed by atoms with E-state index >= 15 is 0 Å². The van der Waals surface area contributed by atoms with E-state index in [2.05, 4.69) is 35.4 Å². The number of para-hydroxylation sites is 1. The second-order valence-corrected chi connectivity index (χ2v) is 5.63. The summed E-state index contributed by atoms with van der Waals surface area (Å²) in [6.45, 7) is 9.04. The van der Waals surface area contributed by atoms with Crippen molar-refractivity contribution in [2.24, 2.45) is 0 Å². The quantitative estimate of drug-likeness (QED) is 0.869. The van der Waals surface area contributed by atoms with Crippen molar-refractivity contribution >= 4 is 0 Å². The molecule has 2 aromatic rings. The molecule has 3 heteroatoms. The molecule has 1 atom stereocenters. The number of nitrogens with one attached hydrogen (secondary N) is 1. The van der Waals surface area contributed by atoms with E-state index in [0.717, 1.165) is 18.0 Å². The third-order valence-corrected chi connectivity index (χ3v) is 3.31. The van der Waals surface area contributed by atoms with Crippen LogP contribution in [0.5, 0.6) is 5.75 Å². The Morgan fingerprint density at radius 3 is 2.52 bits per heavy atom. The van der Waals surface area contributed by atoms with Crippen LogP contribution in [0.4, 0.5) is 0 Å². The van der Waals surface area contributed by atoms with Crippen molar-refractivity contribution in [1.29, 1.82) is 0 Å². The number of aromatic nitrogens is 1. The van der Waals surface area contributed by atoms with E-state index in [4.69, 9.17) is 4.74 Å². The second-order valence-electron chi connectivity index (χ2n) is 5.63. The Kier molecular flexibility index (Phi) is 5.34.